The molecule has 0 amide bonds. The second-order valence-electron chi connectivity index (χ2n) is 8.18. The predicted molar refractivity (Wildman–Crippen MR) is 117 cm³/mol. The number of halogens is 4. The second-order valence-corrected chi connectivity index (χ2v) is 10.2. The summed E-state index contributed by atoms with van der Waals surface area (Å²) in [4.78, 5) is 16.3. The molecular weight excluding hydrogens is 483 g/mol. The van der Waals surface area contributed by atoms with Crippen molar-refractivity contribution in [3.05, 3.63) is 57.4 Å². The van der Waals surface area contributed by atoms with Crippen molar-refractivity contribution in [2.75, 3.05) is 16.6 Å². The molecule has 0 radical (unpaired) electrons. The average molecular weight is 500 g/mol. The molecule has 0 spiro atoms. The van der Waals surface area contributed by atoms with Crippen LogP contribution >= 0.6 is 11.6 Å². The van der Waals surface area contributed by atoms with Gasteiger partial charge in [-0.25, -0.2) is 18.2 Å². The Balaban J connectivity index is 1.54. The van der Waals surface area contributed by atoms with Gasteiger partial charge < -0.3 is 9.88 Å². The largest absolute Gasteiger partial charge is 0.349 e. The highest BCUT2D eigenvalue weighted by Crippen LogP contribution is 2.43. The van der Waals surface area contributed by atoms with Crippen molar-refractivity contribution in [1.82, 2.24) is 13.9 Å². The SMILES string of the molecule is Cn1cnc2ccc(Nc3c(F)c(F)cc(NS(=O)(=O)N4CC5CC4C5)c3Cl)c(F)c2c1=O. The van der Waals surface area contributed by atoms with Gasteiger partial charge in [0.15, 0.2) is 17.5 Å². The van der Waals surface area contributed by atoms with Crippen LogP contribution in [0.5, 0.6) is 0 Å². The van der Waals surface area contributed by atoms with E-state index in [0.717, 1.165) is 17.4 Å². The number of benzene rings is 2. The summed E-state index contributed by atoms with van der Waals surface area (Å²) in [6, 6.07) is 3.01. The summed E-state index contributed by atoms with van der Waals surface area (Å²) < 4.78 is 74.1. The number of nitrogens with zero attached hydrogens (tertiary/aromatic N) is 3. The number of rotatable bonds is 5. The number of anilines is 3. The third kappa shape index (κ3) is 3.52. The van der Waals surface area contributed by atoms with Crippen LogP contribution in [0.1, 0.15) is 12.8 Å². The zero-order valence-electron chi connectivity index (χ0n) is 17.1. The van der Waals surface area contributed by atoms with Gasteiger partial charge in [0.2, 0.25) is 0 Å². The Kier molecular flexibility index (Phi) is 5.07. The molecule has 33 heavy (non-hydrogen) atoms. The second kappa shape index (κ2) is 7.61. The zero-order chi connectivity index (χ0) is 23.7. The van der Waals surface area contributed by atoms with E-state index in [1.165, 1.54) is 29.8 Å². The number of aromatic nitrogens is 2. The van der Waals surface area contributed by atoms with Crippen LogP contribution in [0.25, 0.3) is 10.9 Å². The maximum atomic E-state index is 15.1. The topological polar surface area (TPSA) is 96.3 Å². The van der Waals surface area contributed by atoms with Crippen molar-refractivity contribution in [3.8, 4) is 0 Å². The van der Waals surface area contributed by atoms with Gasteiger partial charge in [-0.15, -0.1) is 0 Å². The highest BCUT2D eigenvalue weighted by atomic mass is 35.5. The Morgan fingerprint density at radius 1 is 1.15 bits per heavy atom. The van der Waals surface area contributed by atoms with Crippen molar-refractivity contribution in [3.63, 3.8) is 0 Å². The number of aryl methyl sites for hydroxylation is 1. The molecule has 2 saturated heterocycles. The molecule has 1 saturated carbocycles. The van der Waals surface area contributed by atoms with Crippen LogP contribution in [0.4, 0.5) is 30.2 Å². The normalized spacial score (nSPS) is 20.2. The Hall–Kier alpha value is -2.83. The lowest BCUT2D eigenvalue weighted by Crippen LogP contribution is -2.38. The smallest absolute Gasteiger partial charge is 0.301 e. The molecule has 2 aromatic carbocycles. The maximum Gasteiger partial charge on any atom is 0.301 e. The predicted octanol–water partition coefficient (Wildman–Crippen LogP) is 3.50. The van der Waals surface area contributed by atoms with E-state index in [1.807, 2.05) is 0 Å². The first-order valence-electron chi connectivity index (χ1n) is 9.94. The third-order valence-electron chi connectivity index (χ3n) is 6.04. The van der Waals surface area contributed by atoms with Crippen molar-refractivity contribution in [2.24, 2.45) is 13.0 Å². The summed E-state index contributed by atoms with van der Waals surface area (Å²) in [5, 5.41) is 1.50. The first kappa shape index (κ1) is 22.0. The molecule has 8 nitrogen and oxygen atoms in total. The lowest BCUT2D eigenvalue weighted by molar-refractivity contribution is 0.327. The molecule has 2 bridgehead atoms. The molecule has 3 heterocycles. The summed E-state index contributed by atoms with van der Waals surface area (Å²) >= 11 is 6.21. The Labute approximate surface area is 191 Å². The van der Waals surface area contributed by atoms with Crippen LogP contribution < -0.4 is 15.6 Å². The van der Waals surface area contributed by atoms with E-state index in [2.05, 4.69) is 15.0 Å². The van der Waals surface area contributed by atoms with Crippen LogP contribution in [0.15, 0.2) is 29.3 Å². The molecule has 1 aliphatic carbocycles. The van der Waals surface area contributed by atoms with Gasteiger partial charge in [0.05, 0.1) is 33.9 Å². The fourth-order valence-corrected chi connectivity index (χ4v) is 6.07. The van der Waals surface area contributed by atoms with Crippen LogP contribution in [0.2, 0.25) is 5.02 Å². The van der Waals surface area contributed by atoms with Gasteiger partial charge in [0.1, 0.15) is 5.39 Å². The minimum atomic E-state index is -4.05. The molecule has 2 aliphatic heterocycles. The Morgan fingerprint density at radius 3 is 2.55 bits per heavy atom. The van der Waals surface area contributed by atoms with Crippen molar-refractivity contribution < 1.29 is 21.6 Å². The fourth-order valence-electron chi connectivity index (χ4n) is 4.25. The maximum absolute atomic E-state index is 15.1. The number of hydrogen-bond acceptors (Lipinski definition) is 5. The molecule has 3 aliphatic rings. The van der Waals surface area contributed by atoms with Gasteiger partial charge in [0.25, 0.3) is 5.56 Å². The lowest BCUT2D eigenvalue weighted by Gasteiger charge is -2.26. The van der Waals surface area contributed by atoms with E-state index >= 15 is 4.39 Å². The number of fused-ring (bicyclic) bond motifs is 2. The number of hydrogen-bond donors (Lipinski definition) is 2. The van der Waals surface area contributed by atoms with Crippen molar-refractivity contribution in [1.29, 1.82) is 0 Å². The van der Waals surface area contributed by atoms with Crippen LogP contribution in [-0.2, 0) is 17.3 Å². The monoisotopic (exact) mass is 499 g/mol. The lowest BCUT2D eigenvalue weighted by atomic mass is 9.87. The fraction of sp³-hybridized carbons (Fsp3) is 0.300. The first-order chi connectivity index (χ1) is 15.6. The number of nitrogens with one attached hydrogen (secondary N) is 2. The van der Waals surface area contributed by atoms with Gasteiger partial charge in [-0.05, 0) is 30.9 Å². The molecule has 0 atom stereocenters. The molecule has 6 rings (SSSR count). The quantitative estimate of drug-likeness (QED) is 0.524. The molecule has 174 valence electrons. The average Bonchev–Trinajstić information content (AvgIpc) is 3.36. The molecular formula is C20H17ClF3N5O3S. The Bertz CT molecular complexity index is 1470. The van der Waals surface area contributed by atoms with Crippen LogP contribution in [0, 0.1) is 23.4 Å². The van der Waals surface area contributed by atoms with Gasteiger partial charge >= 0.3 is 10.2 Å². The van der Waals surface area contributed by atoms with E-state index in [9.17, 15) is 22.0 Å². The molecule has 3 aromatic rings. The van der Waals surface area contributed by atoms with Crippen LogP contribution in [0.3, 0.4) is 0 Å². The van der Waals surface area contributed by atoms with Gasteiger partial charge in [0, 0.05) is 25.7 Å². The van der Waals surface area contributed by atoms with Gasteiger partial charge in [-0.3, -0.25) is 9.52 Å². The summed E-state index contributed by atoms with van der Waals surface area (Å²) in [6.07, 6.45) is 2.74. The minimum absolute atomic E-state index is 0.0735. The van der Waals surface area contributed by atoms with E-state index < -0.39 is 49.6 Å². The third-order valence-corrected chi connectivity index (χ3v) is 7.98. The molecule has 0 unspecified atom stereocenters. The van der Waals surface area contributed by atoms with E-state index in [4.69, 9.17) is 11.6 Å². The van der Waals surface area contributed by atoms with Gasteiger partial charge in [-0.1, -0.05) is 11.6 Å². The highest BCUT2D eigenvalue weighted by molar-refractivity contribution is 7.90. The molecule has 2 N–H and O–H groups in total. The van der Waals surface area contributed by atoms with E-state index in [0.29, 0.717) is 18.5 Å². The van der Waals surface area contributed by atoms with Crippen molar-refractivity contribution >= 4 is 49.8 Å². The van der Waals surface area contributed by atoms with Crippen molar-refractivity contribution in [2.45, 2.75) is 18.9 Å². The summed E-state index contributed by atoms with van der Waals surface area (Å²) in [5.74, 6) is -3.59. The van der Waals surface area contributed by atoms with E-state index in [1.54, 1.807) is 0 Å². The Morgan fingerprint density at radius 2 is 1.88 bits per heavy atom. The summed E-state index contributed by atoms with van der Waals surface area (Å²) in [7, 11) is -2.67. The first-order valence-corrected chi connectivity index (χ1v) is 11.8. The summed E-state index contributed by atoms with van der Waals surface area (Å²) in [6.45, 7) is 0.345. The molecule has 13 heteroatoms. The van der Waals surface area contributed by atoms with E-state index in [-0.39, 0.29) is 22.6 Å². The van der Waals surface area contributed by atoms with Crippen LogP contribution in [-0.4, -0.2) is 34.9 Å². The van der Waals surface area contributed by atoms with Gasteiger partial charge in [-0.2, -0.15) is 12.7 Å². The minimum Gasteiger partial charge on any atom is -0.349 e. The highest BCUT2D eigenvalue weighted by Gasteiger charge is 2.48. The zero-order valence-corrected chi connectivity index (χ0v) is 18.6. The molecule has 3 fully saturated rings. The standard InChI is InChI=1S/C20H17ClF3N5O3S/c1-28-8-25-12-2-3-13(18(24)15(12)20(28)30)26-19-16(21)14(6-11(22)17(19)23)27-33(31,32)29-7-9-4-10(29)5-9/h2-3,6,8-10,26-27H,4-5,7H2,1H3. The summed E-state index contributed by atoms with van der Waals surface area (Å²) in [5.41, 5.74) is -2.05. The molecule has 1 aromatic heterocycles.